The van der Waals surface area contributed by atoms with Gasteiger partial charge in [0.1, 0.15) is 0 Å². The van der Waals surface area contributed by atoms with Crippen LogP contribution in [0.3, 0.4) is 0 Å². The maximum absolute atomic E-state index is 5.76. The summed E-state index contributed by atoms with van der Waals surface area (Å²) in [5.74, 6) is 1.45. The van der Waals surface area contributed by atoms with E-state index in [1.165, 1.54) is 25.7 Å². The molecule has 19 heavy (non-hydrogen) atoms. The highest BCUT2D eigenvalue weighted by atomic mass is 16.5. The zero-order valence-corrected chi connectivity index (χ0v) is 11.5. The Morgan fingerprint density at radius 1 is 1.16 bits per heavy atom. The number of nitrogens with zero attached hydrogens (tertiary/aromatic N) is 2. The second-order valence-corrected chi connectivity index (χ2v) is 4.48. The SMILES string of the molecule is COc1cc(OC)nc(NCCOC2CCCC2)n1. The number of hydrogen-bond donors (Lipinski definition) is 1. The molecule has 1 aliphatic rings. The molecule has 0 saturated heterocycles. The molecule has 1 aliphatic carbocycles. The summed E-state index contributed by atoms with van der Waals surface area (Å²) in [6.45, 7) is 1.33. The molecule has 0 spiro atoms. The molecule has 1 saturated carbocycles. The quantitative estimate of drug-likeness (QED) is 0.761. The molecule has 0 bridgehead atoms. The lowest BCUT2D eigenvalue weighted by Crippen LogP contribution is -2.16. The van der Waals surface area contributed by atoms with Gasteiger partial charge in [-0.05, 0) is 12.8 Å². The van der Waals surface area contributed by atoms with E-state index in [0.29, 0.717) is 37.0 Å². The van der Waals surface area contributed by atoms with Crippen molar-refractivity contribution in [2.24, 2.45) is 0 Å². The Hall–Kier alpha value is -1.56. The van der Waals surface area contributed by atoms with E-state index >= 15 is 0 Å². The summed E-state index contributed by atoms with van der Waals surface area (Å²) in [6, 6.07) is 1.64. The monoisotopic (exact) mass is 267 g/mol. The van der Waals surface area contributed by atoms with E-state index in [1.54, 1.807) is 20.3 Å². The van der Waals surface area contributed by atoms with Gasteiger partial charge in [-0.15, -0.1) is 0 Å². The first-order valence-electron chi connectivity index (χ1n) is 6.64. The zero-order chi connectivity index (χ0) is 13.5. The van der Waals surface area contributed by atoms with Crippen molar-refractivity contribution in [2.45, 2.75) is 31.8 Å². The number of anilines is 1. The molecule has 0 aromatic carbocycles. The van der Waals surface area contributed by atoms with Gasteiger partial charge in [0.25, 0.3) is 0 Å². The molecule has 6 heteroatoms. The van der Waals surface area contributed by atoms with Gasteiger partial charge in [-0.1, -0.05) is 12.8 Å². The van der Waals surface area contributed by atoms with Gasteiger partial charge in [0.05, 0.1) is 33.0 Å². The first-order valence-corrected chi connectivity index (χ1v) is 6.64. The van der Waals surface area contributed by atoms with Crippen LogP contribution in [0.2, 0.25) is 0 Å². The topological polar surface area (TPSA) is 65.5 Å². The van der Waals surface area contributed by atoms with Crippen LogP contribution in [-0.4, -0.2) is 43.4 Å². The van der Waals surface area contributed by atoms with Crippen molar-refractivity contribution in [1.82, 2.24) is 9.97 Å². The average Bonchev–Trinajstić information content (AvgIpc) is 2.96. The fourth-order valence-corrected chi connectivity index (χ4v) is 2.14. The van der Waals surface area contributed by atoms with Crippen LogP contribution < -0.4 is 14.8 Å². The highest BCUT2D eigenvalue weighted by Crippen LogP contribution is 2.21. The van der Waals surface area contributed by atoms with Gasteiger partial charge < -0.3 is 19.5 Å². The van der Waals surface area contributed by atoms with E-state index in [9.17, 15) is 0 Å². The summed E-state index contributed by atoms with van der Waals surface area (Å²) >= 11 is 0. The number of aromatic nitrogens is 2. The molecule has 106 valence electrons. The van der Waals surface area contributed by atoms with Crippen LogP contribution in [0.5, 0.6) is 11.8 Å². The summed E-state index contributed by atoms with van der Waals surface area (Å²) in [7, 11) is 3.13. The van der Waals surface area contributed by atoms with E-state index in [2.05, 4.69) is 15.3 Å². The van der Waals surface area contributed by atoms with E-state index in [1.807, 2.05) is 0 Å². The van der Waals surface area contributed by atoms with Crippen LogP contribution in [-0.2, 0) is 4.74 Å². The molecule has 1 heterocycles. The van der Waals surface area contributed by atoms with Crippen molar-refractivity contribution in [3.63, 3.8) is 0 Å². The predicted molar refractivity (Wildman–Crippen MR) is 71.8 cm³/mol. The summed E-state index contributed by atoms with van der Waals surface area (Å²) < 4.78 is 15.9. The van der Waals surface area contributed by atoms with E-state index in [4.69, 9.17) is 14.2 Å². The fourth-order valence-electron chi connectivity index (χ4n) is 2.14. The molecular formula is C13H21N3O3. The number of methoxy groups -OCH3 is 2. The number of rotatable bonds is 7. The number of ether oxygens (including phenoxy) is 3. The molecule has 0 unspecified atom stereocenters. The maximum Gasteiger partial charge on any atom is 0.229 e. The molecule has 0 amide bonds. The maximum atomic E-state index is 5.76. The lowest BCUT2D eigenvalue weighted by molar-refractivity contribution is 0.0658. The molecule has 6 nitrogen and oxygen atoms in total. The minimum atomic E-state index is 0.433. The molecular weight excluding hydrogens is 246 g/mol. The smallest absolute Gasteiger partial charge is 0.229 e. The molecule has 1 N–H and O–H groups in total. The van der Waals surface area contributed by atoms with Gasteiger partial charge in [0, 0.05) is 6.54 Å². The summed E-state index contributed by atoms with van der Waals surface area (Å²) in [4.78, 5) is 8.38. The van der Waals surface area contributed by atoms with Crippen LogP contribution in [0.1, 0.15) is 25.7 Å². The van der Waals surface area contributed by atoms with Gasteiger partial charge in [-0.3, -0.25) is 0 Å². The summed E-state index contributed by atoms with van der Waals surface area (Å²) in [6.07, 6.45) is 5.37. The summed E-state index contributed by atoms with van der Waals surface area (Å²) in [5.41, 5.74) is 0. The van der Waals surface area contributed by atoms with Gasteiger partial charge in [0.2, 0.25) is 17.7 Å². The second kappa shape index (κ2) is 7.13. The van der Waals surface area contributed by atoms with Crippen molar-refractivity contribution in [1.29, 1.82) is 0 Å². The van der Waals surface area contributed by atoms with Crippen molar-refractivity contribution < 1.29 is 14.2 Å². The first-order chi connectivity index (χ1) is 9.31. The third-order valence-corrected chi connectivity index (χ3v) is 3.14. The largest absolute Gasteiger partial charge is 0.481 e. The van der Waals surface area contributed by atoms with Crippen molar-refractivity contribution >= 4 is 5.95 Å². The van der Waals surface area contributed by atoms with Crippen molar-refractivity contribution in [3.05, 3.63) is 6.07 Å². The number of nitrogens with one attached hydrogen (secondary N) is 1. The normalized spacial score (nSPS) is 15.5. The lowest BCUT2D eigenvalue weighted by atomic mass is 10.3. The molecule has 1 aromatic heterocycles. The highest BCUT2D eigenvalue weighted by molar-refractivity contribution is 5.33. The van der Waals surface area contributed by atoms with Crippen LogP contribution in [0.25, 0.3) is 0 Å². The van der Waals surface area contributed by atoms with Crippen LogP contribution in [0.4, 0.5) is 5.95 Å². The van der Waals surface area contributed by atoms with Crippen LogP contribution in [0.15, 0.2) is 6.07 Å². The van der Waals surface area contributed by atoms with E-state index in [0.717, 1.165) is 0 Å². The minimum absolute atomic E-state index is 0.433. The first kappa shape index (κ1) is 13.9. The minimum Gasteiger partial charge on any atom is -0.481 e. The Labute approximate surface area is 113 Å². The third-order valence-electron chi connectivity index (χ3n) is 3.14. The fraction of sp³-hybridized carbons (Fsp3) is 0.692. The molecule has 1 aromatic rings. The Kier molecular flexibility index (Phi) is 5.20. The third kappa shape index (κ3) is 4.24. The van der Waals surface area contributed by atoms with Crippen LogP contribution in [0, 0.1) is 0 Å². The van der Waals surface area contributed by atoms with Gasteiger partial charge in [-0.2, -0.15) is 9.97 Å². The van der Waals surface area contributed by atoms with Gasteiger partial charge in [0.15, 0.2) is 0 Å². The Bertz CT molecular complexity index is 372. The Balaban J connectivity index is 1.77. The highest BCUT2D eigenvalue weighted by Gasteiger charge is 2.14. The number of hydrogen-bond acceptors (Lipinski definition) is 6. The standard InChI is InChI=1S/C13H21N3O3/c1-17-11-9-12(18-2)16-13(15-11)14-7-8-19-10-5-3-4-6-10/h9-10H,3-8H2,1-2H3,(H,14,15,16). The lowest BCUT2D eigenvalue weighted by Gasteiger charge is -2.12. The molecule has 0 aliphatic heterocycles. The molecule has 0 radical (unpaired) electrons. The molecule has 1 fully saturated rings. The van der Waals surface area contributed by atoms with E-state index in [-0.39, 0.29) is 0 Å². The molecule has 2 rings (SSSR count). The average molecular weight is 267 g/mol. The van der Waals surface area contributed by atoms with Crippen molar-refractivity contribution in [2.75, 3.05) is 32.7 Å². The van der Waals surface area contributed by atoms with Gasteiger partial charge in [-0.25, -0.2) is 0 Å². The predicted octanol–water partition coefficient (Wildman–Crippen LogP) is 1.86. The second-order valence-electron chi connectivity index (χ2n) is 4.48. The Morgan fingerprint density at radius 2 is 1.79 bits per heavy atom. The van der Waals surface area contributed by atoms with Gasteiger partial charge >= 0.3 is 0 Å². The van der Waals surface area contributed by atoms with Crippen LogP contribution >= 0.6 is 0 Å². The van der Waals surface area contributed by atoms with Crippen molar-refractivity contribution in [3.8, 4) is 11.8 Å². The summed E-state index contributed by atoms with van der Waals surface area (Å²) in [5, 5.41) is 3.11. The molecule has 0 atom stereocenters. The Morgan fingerprint density at radius 3 is 2.37 bits per heavy atom. The zero-order valence-electron chi connectivity index (χ0n) is 11.5. The van der Waals surface area contributed by atoms with E-state index < -0.39 is 0 Å².